The third-order valence-electron chi connectivity index (χ3n) is 1.28. The van der Waals surface area contributed by atoms with Crippen molar-refractivity contribution >= 4 is 29.1 Å². The molecule has 0 amide bonds. The molecule has 3 heteroatoms. The molecule has 0 radical (unpaired) electrons. The molecule has 0 aliphatic carbocycles. The van der Waals surface area contributed by atoms with Crippen molar-refractivity contribution in [3.63, 3.8) is 0 Å². The van der Waals surface area contributed by atoms with Gasteiger partial charge in [-0.15, -0.1) is 18.2 Å². The molecular weight excluding hydrogens is 190 g/mol. The van der Waals surface area contributed by atoms with Crippen LogP contribution in [0.4, 0.5) is 5.69 Å². The number of hydrogen-bond acceptors (Lipinski definition) is 2. The fraction of sp³-hybridized carbons (Fsp3) is 0.111. The summed E-state index contributed by atoms with van der Waals surface area (Å²) in [6.45, 7) is 0. The Morgan fingerprint density at radius 2 is 2.33 bits per heavy atom. The van der Waals surface area contributed by atoms with Crippen LogP contribution in [0.15, 0.2) is 23.1 Å². The van der Waals surface area contributed by atoms with Crippen LogP contribution in [0.25, 0.3) is 0 Å². The van der Waals surface area contributed by atoms with E-state index in [0.29, 0.717) is 16.5 Å². The molecule has 0 fully saturated rings. The lowest BCUT2D eigenvalue weighted by Crippen LogP contribution is -1.88. The first-order valence-corrected chi connectivity index (χ1v) is 4.71. The molecule has 62 valence electrons. The Bertz CT molecular complexity index is 317. The number of halogens is 1. The van der Waals surface area contributed by atoms with E-state index < -0.39 is 0 Å². The number of nitrogens with two attached hydrogens (primary N) is 1. The van der Waals surface area contributed by atoms with E-state index in [1.165, 1.54) is 11.8 Å². The smallest absolute Gasteiger partial charge is 0.0592 e. The quantitative estimate of drug-likeness (QED) is 0.448. The molecule has 0 saturated heterocycles. The first-order valence-electron chi connectivity index (χ1n) is 3.35. The number of hydrogen-bond donors (Lipinski definition) is 1. The molecule has 1 aromatic rings. The molecule has 0 spiro atoms. The van der Waals surface area contributed by atoms with E-state index in [2.05, 4.69) is 5.92 Å². The van der Waals surface area contributed by atoms with E-state index in [1.807, 2.05) is 6.07 Å². The van der Waals surface area contributed by atoms with Gasteiger partial charge in [-0.2, -0.15) is 0 Å². The van der Waals surface area contributed by atoms with Gasteiger partial charge < -0.3 is 5.73 Å². The predicted molar refractivity (Wildman–Crippen MR) is 55.4 cm³/mol. The van der Waals surface area contributed by atoms with Crippen molar-refractivity contribution in [2.45, 2.75) is 4.90 Å². The van der Waals surface area contributed by atoms with Crippen LogP contribution in [0, 0.1) is 12.3 Å². The molecule has 0 atom stereocenters. The van der Waals surface area contributed by atoms with Gasteiger partial charge in [-0.1, -0.05) is 17.5 Å². The maximum Gasteiger partial charge on any atom is 0.0592 e. The van der Waals surface area contributed by atoms with Crippen LogP contribution >= 0.6 is 23.4 Å². The average molecular weight is 198 g/mol. The lowest BCUT2D eigenvalue weighted by molar-refractivity contribution is 1.46. The van der Waals surface area contributed by atoms with Crippen molar-refractivity contribution in [2.24, 2.45) is 0 Å². The summed E-state index contributed by atoms with van der Waals surface area (Å²) in [5.74, 6) is 3.16. The van der Waals surface area contributed by atoms with Crippen LogP contribution in [0.3, 0.4) is 0 Å². The van der Waals surface area contributed by atoms with Crippen molar-refractivity contribution in [1.29, 1.82) is 0 Å². The second kappa shape index (κ2) is 4.30. The summed E-state index contributed by atoms with van der Waals surface area (Å²) in [7, 11) is 0. The Balaban J connectivity index is 2.81. The first-order chi connectivity index (χ1) is 5.74. The monoisotopic (exact) mass is 197 g/mol. The van der Waals surface area contributed by atoms with E-state index in [0.717, 1.165) is 4.90 Å². The highest BCUT2D eigenvalue weighted by Crippen LogP contribution is 2.26. The third-order valence-corrected chi connectivity index (χ3v) is 2.51. The maximum atomic E-state index is 5.72. The highest BCUT2D eigenvalue weighted by atomic mass is 35.5. The van der Waals surface area contributed by atoms with Gasteiger partial charge in [0.2, 0.25) is 0 Å². The molecule has 1 aromatic carbocycles. The van der Waals surface area contributed by atoms with E-state index in [-0.39, 0.29) is 0 Å². The Hall–Kier alpha value is -0.780. The zero-order valence-corrected chi connectivity index (χ0v) is 7.95. The number of benzene rings is 1. The van der Waals surface area contributed by atoms with Gasteiger partial charge >= 0.3 is 0 Å². The summed E-state index contributed by atoms with van der Waals surface area (Å²) in [4.78, 5) is 0.984. The van der Waals surface area contributed by atoms with Gasteiger partial charge in [-0.25, -0.2) is 0 Å². The van der Waals surface area contributed by atoms with Gasteiger partial charge in [-0.05, 0) is 18.2 Å². The second-order valence-corrected chi connectivity index (χ2v) is 3.63. The third kappa shape index (κ3) is 2.37. The van der Waals surface area contributed by atoms with Crippen LogP contribution in [0.5, 0.6) is 0 Å². The van der Waals surface area contributed by atoms with Gasteiger partial charge in [0.25, 0.3) is 0 Å². The average Bonchev–Trinajstić information content (AvgIpc) is 2.03. The molecule has 0 bridgehead atoms. The van der Waals surface area contributed by atoms with Crippen LogP contribution in [-0.2, 0) is 0 Å². The minimum atomic E-state index is 0.631. The van der Waals surface area contributed by atoms with Crippen LogP contribution < -0.4 is 5.73 Å². The summed E-state index contributed by atoms with van der Waals surface area (Å²) in [5, 5.41) is 0.651. The Morgan fingerprint density at radius 1 is 1.58 bits per heavy atom. The van der Waals surface area contributed by atoms with E-state index in [9.17, 15) is 0 Å². The van der Waals surface area contributed by atoms with E-state index >= 15 is 0 Å². The number of anilines is 1. The van der Waals surface area contributed by atoms with Crippen LogP contribution in [-0.4, -0.2) is 5.75 Å². The van der Waals surface area contributed by atoms with Crippen molar-refractivity contribution in [3.8, 4) is 12.3 Å². The molecule has 0 heterocycles. The molecule has 0 aliphatic heterocycles. The standard InChI is InChI=1S/C9H8ClNS/c1-2-5-12-9-4-3-7(10)6-8(9)11/h1,3-4,6H,5,11H2. The minimum absolute atomic E-state index is 0.631. The second-order valence-electron chi connectivity index (χ2n) is 2.17. The SMILES string of the molecule is C#CCSc1ccc(Cl)cc1N. The van der Waals surface area contributed by atoms with Crippen molar-refractivity contribution in [2.75, 3.05) is 11.5 Å². The van der Waals surface area contributed by atoms with Crippen LogP contribution in [0.2, 0.25) is 5.02 Å². The number of thioether (sulfide) groups is 1. The Kier molecular flexibility index (Phi) is 3.33. The Labute approximate surface area is 81.3 Å². The normalized spacial score (nSPS) is 9.33. The molecule has 2 N–H and O–H groups in total. The lowest BCUT2D eigenvalue weighted by Gasteiger charge is -2.02. The molecule has 0 aromatic heterocycles. The number of rotatable bonds is 2. The molecule has 12 heavy (non-hydrogen) atoms. The summed E-state index contributed by atoms with van der Waals surface area (Å²) in [5.41, 5.74) is 6.37. The number of nitrogen functional groups attached to an aromatic ring is 1. The maximum absolute atomic E-state index is 5.72. The fourth-order valence-electron chi connectivity index (χ4n) is 0.770. The molecular formula is C9H8ClNS. The highest BCUT2D eigenvalue weighted by Gasteiger charge is 1.98. The first kappa shape index (κ1) is 9.31. The predicted octanol–water partition coefficient (Wildman–Crippen LogP) is 2.65. The zero-order valence-electron chi connectivity index (χ0n) is 6.38. The molecule has 1 nitrogen and oxygen atoms in total. The fourth-order valence-corrected chi connectivity index (χ4v) is 1.58. The molecule has 0 aliphatic rings. The van der Waals surface area contributed by atoms with Gasteiger partial charge in [0.15, 0.2) is 0 Å². The van der Waals surface area contributed by atoms with Gasteiger partial charge in [0.1, 0.15) is 0 Å². The summed E-state index contributed by atoms with van der Waals surface area (Å²) in [6, 6.07) is 5.40. The molecule has 1 rings (SSSR count). The van der Waals surface area contributed by atoms with Crippen LogP contribution in [0.1, 0.15) is 0 Å². The van der Waals surface area contributed by atoms with Gasteiger partial charge in [0.05, 0.1) is 5.75 Å². The van der Waals surface area contributed by atoms with Crippen molar-refractivity contribution in [3.05, 3.63) is 23.2 Å². The highest BCUT2D eigenvalue weighted by molar-refractivity contribution is 7.99. The minimum Gasteiger partial charge on any atom is -0.398 e. The van der Waals surface area contributed by atoms with E-state index in [1.54, 1.807) is 12.1 Å². The summed E-state index contributed by atoms with van der Waals surface area (Å²) < 4.78 is 0. The summed E-state index contributed by atoms with van der Waals surface area (Å²) >= 11 is 7.26. The van der Waals surface area contributed by atoms with E-state index in [4.69, 9.17) is 23.8 Å². The van der Waals surface area contributed by atoms with Crippen molar-refractivity contribution in [1.82, 2.24) is 0 Å². The molecule has 0 unspecified atom stereocenters. The van der Waals surface area contributed by atoms with Crippen molar-refractivity contribution < 1.29 is 0 Å². The number of terminal acetylenes is 1. The summed E-state index contributed by atoms with van der Waals surface area (Å²) in [6.07, 6.45) is 5.12. The largest absolute Gasteiger partial charge is 0.398 e. The van der Waals surface area contributed by atoms with Gasteiger partial charge in [0, 0.05) is 15.6 Å². The van der Waals surface area contributed by atoms with Gasteiger partial charge in [-0.3, -0.25) is 0 Å². The Morgan fingerprint density at radius 3 is 2.92 bits per heavy atom. The topological polar surface area (TPSA) is 26.0 Å². The molecule has 0 saturated carbocycles. The zero-order chi connectivity index (χ0) is 8.97. The lowest BCUT2D eigenvalue weighted by atomic mass is 10.3.